The largest absolute Gasteiger partial charge is 0.494 e. The lowest BCUT2D eigenvalue weighted by Gasteiger charge is -2.44. The van der Waals surface area contributed by atoms with E-state index in [-0.39, 0.29) is 5.91 Å². The van der Waals surface area contributed by atoms with Crippen LogP contribution in [0.15, 0.2) is 48.5 Å². The van der Waals surface area contributed by atoms with E-state index in [2.05, 4.69) is 19.2 Å². The minimum atomic E-state index is -0.595. The van der Waals surface area contributed by atoms with Crippen molar-refractivity contribution in [2.24, 2.45) is 5.92 Å². The fraction of sp³-hybridized carbons (Fsp3) is 0.381. The molecule has 132 valence electrons. The molecule has 25 heavy (non-hydrogen) atoms. The zero-order valence-corrected chi connectivity index (χ0v) is 15.4. The molecular formula is C21H26N2O2. The fourth-order valence-electron chi connectivity index (χ4n) is 3.06. The van der Waals surface area contributed by atoms with Crippen molar-refractivity contribution in [3.63, 3.8) is 0 Å². The molecule has 0 aliphatic carbocycles. The van der Waals surface area contributed by atoms with E-state index < -0.39 is 5.66 Å². The lowest BCUT2D eigenvalue weighted by Crippen LogP contribution is -2.53. The van der Waals surface area contributed by atoms with E-state index >= 15 is 0 Å². The summed E-state index contributed by atoms with van der Waals surface area (Å²) in [5.74, 6) is 1.51. The van der Waals surface area contributed by atoms with Crippen LogP contribution in [0, 0.1) is 5.92 Å². The second kappa shape index (κ2) is 6.79. The molecule has 1 N–H and O–H groups in total. The molecule has 2 aromatic carbocycles. The summed E-state index contributed by atoms with van der Waals surface area (Å²) in [6, 6.07) is 15.6. The second-order valence-electron chi connectivity index (χ2n) is 7.16. The molecule has 0 bridgehead atoms. The summed E-state index contributed by atoms with van der Waals surface area (Å²) in [5.41, 5.74) is 2.00. The standard InChI is InChI=1S/C21H26N2O2/c1-15(2)13-14-25-17-11-9-16(10-12-17)21(3)22-19-8-6-5-7-18(19)20(24)23(21)4/h5-12,15,22H,13-14H2,1-4H3. The van der Waals surface area contributed by atoms with Gasteiger partial charge in [-0.05, 0) is 49.1 Å². The molecule has 1 amide bonds. The third-order valence-corrected chi connectivity index (χ3v) is 4.89. The van der Waals surface area contributed by atoms with Gasteiger partial charge in [0, 0.05) is 12.7 Å². The van der Waals surface area contributed by atoms with E-state index in [9.17, 15) is 4.79 Å². The number of benzene rings is 2. The van der Waals surface area contributed by atoms with Crippen LogP contribution in [0.4, 0.5) is 5.69 Å². The van der Waals surface area contributed by atoms with Gasteiger partial charge in [-0.1, -0.05) is 38.1 Å². The summed E-state index contributed by atoms with van der Waals surface area (Å²) in [6.07, 6.45) is 1.04. The predicted octanol–water partition coefficient (Wildman–Crippen LogP) is 4.48. The Balaban J connectivity index is 1.82. The molecule has 1 heterocycles. The van der Waals surface area contributed by atoms with Crippen LogP contribution in [-0.4, -0.2) is 24.5 Å². The number of hydrogen-bond acceptors (Lipinski definition) is 3. The minimum absolute atomic E-state index is 0.0223. The Hall–Kier alpha value is -2.49. The summed E-state index contributed by atoms with van der Waals surface area (Å²) in [5, 5.41) is 3.51. The lowest BCUT2D eigenvalue weighted by atomic mass is 9.94. The first-order valence-corrected chi connectivity index (χ1v) is 8.80. The SMILES string of the molecule is CC(C)CCOc1ccc(C2(C)Nc3ccccc3C(=O)N2C)cc1. The normalized spacial score (nSPS) is 19.6. The highest BCUT2D eigenvalue weighted by molar-refractivity contribution is 6.02. The highest BCUT2D eigenvalue weighted by Crippen LogP contribution is 2.37. The van der Waals surface area contributed by atoms with Gasteiger partial charge in [-0.3, -0.25) is 4.79 Å². The van der Waals surface area contributed by atoms with Crippen molar-refractivity contribution in [1.82, 2.24) is 4.90 Å². The maximum Gasteiger partial charge on any atom is 0.257 e. The molecule has 3 rings (SSSR count). The summed E-state index contributed by atoms with van der Waals surface area (Å²) < 4.78 is 5.80. The van der Waals surface area contributed by atoms with Crippen LogP contribution >= 0.6 is 0 Å². The molecule has 1 aliphatic heterocycles. The number of para-hydroxylation sites is 1. The first-order valence-electron chi connectivity index (χ1n) is 8.80. The van der Waals surface area contributed by atoms with E-state index in [0.717, 1.165) is 30.0 Å². The fourth-order valence-corrected chi connectivity index (χ4v) is 3.06. The molecule has 1 aliphatic rings. The number of anilines is 1. The zero-order valence-electron chi connectivity index (χ0n) is 15.4. The van der Waals surface area contributed by atoms with Crippen LogP contribution in [-0.2, 0) is 5.66 Å². The van der Waals surface area contributed by atoms with Crippen molar-refractivity contribution in [3.8, 4) is 5.75 Å². The van der Waals surface area contributed by atoms with E-state index in [1.165, 1.54) is 0 Å². The van der Waals surface area contributed by atoms with Crippen molar-refractivity contribution >= 4 is 11.6 Å². The van der Waals surface area contributed by atoms with E-state index in [1.807, 2.05) is 62.5 Å². The van der Waals surface area contributed by atoms with Gasteiger partial charge in [0.15, 0.2) is 0 Å². The lowest BCUT2D eigenvalue weighted by molar-refractivity contribution is 0.0615. The zero-order chi connectivity index (χ0) is 18.0. The van der Waals surface area contributed by atoms with Crippen LogP contribution in [0.2, 0.25) is 0 Å². The summed E-state index contributed by atoms with van der Waals surface area (Å²) in [6.45, 7) is 7.12. The average molecular weight is 338 g/mol. The van der Waals surface area contributed by atoms with Crippen LogP contribution in [0.25, 0.3) is 0 Å². The number of rotatable bonds is 5. The predicted molar refractivity (Wildman–Crippen MR) is 101 cm³/mol. The molecule has 4 nitrogen and oxygen atoms in total. The molecule has 1 unspecified atom stereocenters. The van der Waals surface area contributed by atoms with Gasteiger partial charge in [-0.15, -0.1) is 0 Å². The Morgan fingerprint density at radius 1 is 1.12 bits per heavy atom. The maximum atomic E-state index is 12.7. The van der Waals surface area contributed by atoms with Gasteiger partial charge >= 0.3 is 0 Å². The topological polar surface area (TPSA) is 41.6 Å². The van der Waals surface area contributed by atoms with E-state index in [4.69, 9.17) is 4.74 Å². The van der Waals surface area contributed by atoms with Gasteiger partial charge in [0.25, 0.3) is 5.91 Å². The van der Waals surface area contributed by atoms with Gasteiger partial charge in [0.2, 0.25) is 0 Å². The summed E-state index contributed by atoms with van der Waals surface area (Å²) in [7, 11) is 1.83. The Morgan fingerprint density at radius 3 is 2.48 bits per heavy atom. The van der Waals surface area contributed by atoms with Gasteiger partial charge < -0.3 is 15.0 Å². The smallest absolute Gasteiger partial charge is 0.257 e. The van der Waals surface area contributed by atoms with Gasteiger partial charge in [0.1, 0.15) is 11.4 Å². The van der Waals surface area contributed by atoms with Crippen LogP contribution in [0.1, 0.15) is 43.1 Å². The molecule has 0 saturated heterocycles. The van der Waals surface area contributed by atoms with Crippen molar-refractivity contribution in [2.45, 2.75) is 32.9 Å². The Labute approximate surface area is 149 Å². The van der Waals surface area contributed by atoms with Crippen LogP contribution in [0.3, 0.4) is 0 Å². The number of fused-ring (bicyclic) bond motifs is 1. The Morgan fingerprint density at radius 2 is 1.80 bits per heavy atom. The highest BCUT2D eigenvalue weighted by atomic mass is 16.5. The summed E-state index contributed by atoms with van der Waals surface area (Å²) >= 11 is 0. The molecule has 4 heteroatoms. The molecular weight excluding hydrogens is 312 g/mol. The number of nitrogens with one attached hydrogen (secondary N) is 1. The van der Waals surface area contributed by atoms with Crippen molar-refractivity contribution in [3.05, 3.63) is 59.7 Å². The van der Waals surface area contributed by atoms with Gasteiger partial charge in [0.05, 0.1) is 12.2 Å². The molecule has 0 saturated carbocycles. The number of nitrogens with zero attached hydrogens (tertiary/aromatic N) is 1. The number of ether oxygens (including phenoxy) is 1. The van der Waals surface area contributed by atoms with Crippen LogP contribution < -0.4 is 10.1 Å². The molecule has 1 atom stereocenters. The monoisotopic (exact) mass is 338 g/mol. The molecule has 2 aromatic rings. The quantitative estimate of drug-likeness (QED) is 0.874. The van der Waals surface area contributed by atoms with Gasteiger partial charge in [-0.25, -0.2) is 0 Å². The highest BCUT2D eigenvalue weighted by Gasteiger charge is 2.40. The van der Waals surface area contributed by atoms with Crippen LogP contribution in [0.5, 0.6) is 5.75 Å². The first-order chi connectivity index (χ1) is 11.9. The molecule has 0 spiro atoms. The van der Waals surface area contributed by atoms with Crippen molar-refractivity contribution < 1.29 is 9.53 Å². The summed E-state index contributed by atoms with van der Waals surface area (Å²) in [4.78, 5) is 14.5. The van der Waals surface area contributed by atoms with E-state index in [0.29, 0.717) is 11.5 Å². The second-order valence-corrected chi connectivity index (χ2v) is 7.16. The van der Waals surface area contributed by atoms with E-state index in [1.54, 1.807) is 4.90 Å². The molecule has 0 radical (unpaired) electrons. The Kier molecular flexibility index (Phi) is 4.71. The molecule has 0 fully saturated rings. The number of amides is 1. The van der Waals surface area contributed by atoms with Gasteiger partial charge in [-0.2, -0.15) is 0 Å². The average Bonchev–Trinajstić information content (AvgIpc) is 2.60. The third kappa shape index (κ3) is 3.34. The number of carbonyl (C=O) groups excluding carboxylic acids is 1. The first kappa shape index (κ1) is 17.3. The number of carbonyl (C=O) groups is 1. The third-order valence-electron chi connectivity index (χ3n) is 4.89. The van der Waals surface area contributed by atoms with Crippen molar-refractivity contribution in [1.29, 1.82) is 0 Å². The number of hydrogen-bond donors (Lipinski definition) is 1. The van der Waals surface area contributed by atoms with Crippen molar-refractivity contribution in [2.75, 3.05) is 19.0 Å². The maximum absolute atomic E-state index is 12.7. The Bertz CT molecular complexity index is 755. The minimum Gasteiger partial charge on any atom is -0.494 e. The molecule has 0 aromatic heterocycles.